The first-order chi connectivity index (χ1) is 10.7. The lowest BCUT2D eigenvalue weighted by Gasteiger charge is -2.10. The molecule has 0 saturated heterocycles. The number of ether oxygens (including phenoxy) is 1. The van der Waals surface area contributed by atoms with Crippen molar-refractivity contribution in [3.8, 4) is 0 Å². The Morgan fingerprint density at radius 1 is 1.36 bits per heavy atom. The lowest BCUT2D eigenvalue weighted by molar-refractivity contribution is 0.0527. The maximum Gasteiger partial charge on any atom is 0.340 e. The van der Waals surface area contributed by atoms with Gasteiger partial charge in [0.1, 0.15) is 0 Å². The molecular weight excluding hydrogens is 276 g/mol. The van der Waals surface area contributed by atoms with Crippen molar-refractivity contribution in [1.29, 1.82) is 0 Å². The third kappa shape index (κ3) is 2.41. The fourth-order valence-corrected chi connectivity index (χ4v) is 3.69. The highest BCUT2D eigenvalue weighted by atomic mass is 16.5. The van der Waals surface area contributed by atoms with Crippen LogP contribution in [-0.4, -0.2) is 17.1 Å². The van der Waals surface area contributed by atoms with Crippen LogP contribution < -0.4 is 5.73 Å². The van der Waals surface area contributed by atoms with E-state index in [0.29, 0.717) is 24.6 Å². The monoisotopic (exact) mass is 300 g/mol. The summed E-state index contributed by atoms with van der Waals surface area (Å²) in [5, 5.41) is 0.947. The van der Waals surface area contributed by atoms with Gasteiger partial charge in [-0.25, -0.2) is 4.79 Å². The number of esters is 1. The summed E-state index contributed by atoms with van der Waals surface area (Å²) in [5.41, 5.74) is 9.81. The Hall–Kier alpha value is -1.81. The van der Waals surface area contributed by atoms with Crippen molar-refractivity contribution in [2.24, 2.45) is 12.8 Å². The predicted octanol–water partition coefficient (Wildman–Crippen LogP) is 3.47. The van der Waals surface area contributed by atoms with Gasteiger partial charge in [0.2, 0.25) is 0 Å². The van der Waals surface area contributed by atoms with Gasteiger partial charge < -0.3 is 15.0 Å². The summed E-state index contributed by atoms with van der Waals surface area (Å²) in [6.45, 7) is 2.53. The topological polar surface area (TPSA) is 57.2 Å². The van der Waals surface area contributed by atoms with Crippen LogP contribution in [0.15, 0.2) is 18.2 Å². The summed E-state index contributed by atoms with van der Waals surface area (Å²) in [4.78, 5) is 12.3. The van der Waals surface area contributed by atoms with Crippen LogP contribution in [0.3, 0.4) is 0 Å². The standard InChI is InChI=1S/C18H24N2O2/c1-3-22-18(21)17-14-9-8-13(12-6-4-5-7-12)10-15(14)20(2)16(17)11-19/h8-10,12H,3-7,11,19H2,1-2H3. The highest BCUT2D eigenvalue weighted by molar-refractivity contribution is 6.06. The van der Waals surface area contributed by atoms with Crippen LogP contribution in [0.5, 0.6) is 0 Å². The number of hydrogen-bond acceptors (Lipinski definition) is 3. The second kappa shape index (κ2) is 6.13. The van der Waals surface area contributed by atoms with Gasteiger partial charge in [0.25, 0.3) is 0 Å². The van der Waals surface area contributed by atoms with E-state index < -0.39 is 0 Å². The van der Waals surface area contributed by atoms with Gasteiger partial charge in [-0.3, -0.25) is 0 Å². The number of nitrogens with zero attached hydrogens (tertiary/aromatic N) is 1. The molecule has 0 bridgehead atoms. The van der Waals surface area contributed by atoms with Gasteiger partial charge in [0, 0.05) is 30.2 Å². The van der Waals surface area contributed by atoms with Gasteiger partial charge in [0.15, 0.2) is 0 Å². The Balaban J connectivity index is 2.13. The van der Waals surface area contributed by atoms with E-state index in [0.717, 1.165) is 16.6 Å². The van der Waals surface area contributed by atoms with E-state index in [-0.39, 0.29) is 5.97 Å². The van der Waals surface area contributed by atoms with E-state index >= 15 is 0 Å². The zero-order valence-electron chi connectivity index (χ0n) is 13.4. The van der Waals surface area contributed by atoms with E-state index in [1.54, 1.807) is 0 Å². The number of carbonyl (C=O) groups is 1. The molecule has 1 aromatic heterocycles. The number of rotatable bonds is 4. The number of nitrogens with two attached hydrogens (primary N) is 1. The number of benzene rings is 1. The van der Waals surface area contributed by atoms with Crippen molar-refractivity contribution in [1.82, 2.24) is 4.57 Å². The molecule has 118 valence electrons. The second-order valence-electron chi connectivity index (χ2n) is 6.06. The Labute approximate surface area is 131 Å². The van der Waals surface area contributed by atoms with Crippen LogP contribution in [0, 0.1) is 0 Å². The number of hydrogen-bond donors (Lipinski definition) is 1. The first-order valence-corrected chi connectivity index (χ1v) is 8.15. The summed E-state index contributed by atoms with van der Waals surface area (Å²) >= 11 is 0. The van der Waals surface area contributed by atoms with E-state index in [1.165, 1.54) is 31.2 Å². The molecule has 2 N–H and O–H groups in total. The molecule has 0 spiro atoms. The lowest BCUT2D eigenvalue weighted by atomic mass is 9.96. The van der Waals surface area contributed by atoms with Gasteiger partial charge in [-0.05, 0) is 37.3 Å². The van der Waals surface area contributed by atoms with E-state index in [4.69, 9.17) is 10.5 Å². The summed E-state index contributed by atoms with van der Waals surface area (Å²) < 4.78 is 7.26. The molecule has 1 fully saturated rings. The molecular formula is C18H24N2O2. The molecule has 1 aliphatic rings. The molecule has 22 heavy (non-hydrogen) atoms. The molecule has 2 aromatic rings. The van der Waals surface area contributed by atoms with Crippen molar-refractivity contribution >= 4 is 16.9 Å². The minimum absolute atomic E-state index is 0.276. The molecule has 1 aliphatic carbocycles. The fraction of sp³-hybridized carbons (Fsp3) is 0.500. The maximum atomic E-state index is 12.3. The number of carbonyl (C=O) groups excluding carboxylic acids is 1. The average molecular weight is 300 g/mol. The van der Waals surface area contributed by atoms with Gasteiger partial charge in [-0.2, -0.15) is 0 Å². The van der Waals surface area contributed by atoms with Crippen molar-refractivity contribution < 1.29 is 9.53 Å². The van der Waals surface area contributed by atoms with Crippen LogP contribution in [0.1, 0.15) is 60.1 Å². The minimum Gasteiger partial charge on any atom is -0.462 e. The zero-order chi connectivity index (χ0) is 15.7. The van der Waals surface area contributed by atoms with Gasteiger partial charge in [0.05, 0.1) is 12.2 Å². The first kappa shape index (κ1) is 15.1. The fourth-order valence-electron chi connectivity index (χ4n) is 3.69. The summed E-state index contributed by atoms with van der Waals surface area (Å²) in [5.74, 6) is 0.383. The molecule has 1 saturated carbocycles. The molecule has 4 nitrogen and oxygen atoms in total. The van der Waals surface area contributed by atoms with Crippen molar-refractivity contribution in [3.05, 3.63) is 35.0 Å². The summed E-state index contributed by atoms with van der Waals surface area (Å²) in [6.07, 6.45) is 5.17. The van der Waals surface area contributed by atoms with Crippen LogP contribution in [0.2, 0.25) is 0 Å². The van der Waals surface area contributed by atoms with Crippen LogP contribution in [0.4, 0.5) is 0 Å². The molecule has 1 heterocycles. The van der Waals surface area contributed by atoms with Crippen molar-refractivity contribution in [3.63, 3.8) is 0 Å². The minimum atomic E-state index is -0.276. The molecule has 0 aliphatic heterocycles. The van der Waals surface area contributed by atoms with Crippen molar-refractivity contribution in [2.75, 3.05) is 6.61 Å². The summed E-state index contributed by atoms with van der Waals surface area (Å²) in [6, 6.07) is 6.46. The summed E-state index contributed by atoms with van der Waals surface area (Å²) in [7, 11) is 1.98. The van der Waals surface area contributed by atoms with Crippen LogP contribution in [0.25, 0.3) is 10.9 Å². The van der Waals surface area contributed by atoms with E-state index in [2.05, 4.69) is 18.2 Å². The third-order valence-corrected chi connectivity index (χ3v) is 4.85. The average Bonchev–Trinajstić information content (AvgIpc) is 3.14. The number of aryl methyl sites for hydroxylation is 1. The molecule has 0 unspecified atom stereocenters. The van der Waals surface area contributed by atoms with E-state index in [9.17, 15) is 4.79 Å². The first-order valence-electron chi connectivity index (χ1n) is 8.15. The van der Waals surface area contributed by atoms with Crippen LogP contribution in [-0.2, 0) is 18.3 Å². The van der Waals surface area contributed by atoms with E-state index in [1.807, 2.05) is 18.5 Å². The SMILES string of the molecule is CCOC(=O)c1c(CN)n(C)c2cc(C3CCCC3)ccc12. The Kier molecular flexibility index (Phi) is 4.21. The van der Waals surface area contributed by atoms with Gasteiger partial charge >= 0.3 is 5.97 Å². The highest BCUT2D eigenvalue weighted by Gasteiger charge is 2.23. The molecule has 0 atom stereocenters. The lowest BCUT2D eigenvalue weighted by Crippen LogP contribution is -2.12. The number of fused-ring (bicyclic) bond motifs is 1. The Morgan fingerprint density at radius 3 is 2.73 bits per heavy atom. The Bertz CT molecular complexity index is 697. The molecule has 3 rings (SSSR count). The van der Waals surface area contributed by atoms with Crippen LogP contribution >= 0.6 is 0 Å². The third-order valence-electron chi connectivity index (χ3n) is 4.85. The molecule has 0 amide bonds. The smallest absolute Gasteiger partial charge is 0.340 e. The number of aromatic nitrogens is 1. The van der Waals surface area contributed by atoms with Gasteiger partial charge in [-0.15, -0.1) is 0 Å². The Morgan fingerprint density at radius 2 is 2.09 bits per heavy atom. The molecule has 4 heteroatoms. The highest BCUT2D eigenvalue weighted by Crippen LogP contribution is 2.36. The largest absolute Gasteiger partial charge is 0.462 e. The van der Waals surface area contributed by atoms with Crippen molar-refractivity contribution in [2.45, 2.75) is 45.1 Å². The maximum absolute atomic E-state index is 12.3. The zero-order valence-corrected chi connectivity index (χ0v) is 13.4. The molecule has 1 aromatic carbocycles. The van der Waals surface area contributed by atoms with Gasteiger partial charge in [-0.1, -0.05) is 25.0 Å². The quantitative estimate of drug-likeness (QED) is 0.880. The second-order valence-corrected chi connectivity index (χ2v) is 6.06. The molecule has 0 radical (unpaired) electrons. The predicted molar refractivity (Wildman–Crippen MR) is 88.0 cm³/mol. The normalized spacial score (nSPS) is 15.6.